The van der Waals surface area contributed by atoms with Crippen molar-refractivity contribution in [2.24, 2.45) is 0 Å². The Morgan fingerprint density at radius 3 is 1.50 bits per heavy atom. The van der Waals surface area contributed by atoms with Gasteiger partial charge in [0.15, 0.2) is 37.9 Å². The fourth-order valence-corrected chi connectivity index (χ4v) is 3.97. The van der Waals surface area contributed by atoms with Crippen LogP contribution in [0.4, 0.5) is 11.4 Å². The molecular weight excluding hydrogens is 416 g/mol. The smallest absolute Gasteiger partial charge is 0.192 e. The van der Waals surface area contributed by atoms with Gasteiger partial charge in [0.1, 0.15) is 0 Å². The van der Waals surface area contributed by atoms with Crippen molar-refractivity contribution in [3.05, 3.63) is 144 Å². The number of anilines is 2. The quantitative estimate of drug-likeness (QED) is 0.357. The van der Waals surface area contributed by atoms with E-state index < -0.39 is 0 Å². The topological polar surface area (TPSA) is 31.8 Å². The summed E-state index contributed by atoms with van der Waals surface area (Å²) in [5, 5.41) is 6.94. The third-order valence-corrected chi connectivity index (χ3v) is 5.76. The number of nitrogens with one attached hydrogen (secondary N) is 2. The minimum absolute atomic E-state index is 0.784. The largest absolute Gasteiger partial charge is 0.376 e. The molecule has 0 bridgehead atoms. The van der Waals surface area contributed by atoms with Crippen LogP contribution < -0.4 is 19.8 Å². The Morgan fingerprint density at radius 1 is 0.618 bits per heavy atom. The number of rotatable bonds is 10. The zero-order valence-electron chi connectivity index (χ0n) is 19.1. The van der Waals surface area contributed by atoms with Gasteiger partial charge in [0, 0.05) is 47.5 Å². The third-order valence-electron chi connectivity index (χ3n) is 5.76. The number of aromatic nitrogens is 2. The van der Waals surface area contributed by atoms with E-state index >= 15 is 0 Å². The summed E-state index contributed by atoms with van der Waals surface area (Å²) in [5.41, 5.74) is 13.6. The Kier molecular flexibility index (Phi) is 6.64. The first-order valence-corrected chi connectivity index (χ1v) is 11.6. The van der Waals surface area contributed by atoms with Crippen LogP contribution in [0.15, 0.2) is 132 Å². The van der Waals surface area contributed by atoms with E-state index in [4.69, 9.17) is 0 Å². The van der Waals surface area contributed by atoms with Crippen LogP contribution in [0, 0.1) is 0 Å². The minimum atomic E-state index is 0.784. The van der Waals surface area contributed by atoms with E-state index in [0.29, 0.717) is 0 Å². The predicted octanol–water partition coefficient (Wildman–Crippen LogP) is 4.48. The molecule has 0 fully saturated rings. The summed E-state index contributed by atoms with van der Waals surface area (Å²) in [7, 11) is 0. The van der Waals surface area contributed by atoms with Crippen LogP contribution in [0.3, 0.4) is 0 Å². The van der Waals surface area contributed by atoms with Crippen LogP contribution in [-0.2, 0) is 13.1 Å². The van der Waals surface area contributed by atoms with Crippen LogP contribution in [0.1, 0.15) is 11.1 Å². The van der Waals surface area contributed by atoms with E-state index in [1.54, 1.807) is 0 Å². The van der Waals surface area contributed by atoms with E-state index in [-0.39, 0.29) is 0 Å². The number of allylic oxidation sites excluding steroid dienone is 2. The van der Waals surface area contributed by atoms with Gasteiger partial charge >= 0.3 is 0 Å². The molecule has 2 aromatic heterocycles. The molecule has 4 heteroatoms. The van der Waals surface area contributed by atoms with E-state index in [0.717, 1.165) is 37.6 Å². The fraction of sp³-hybridized carbons (Fsp3) is 0.133. The Labute approximate surface area is 200 Å². The van der Waals surface area contributed by atoms with Gasteiger partial charge in [-0.3, -0.25) is 0 Å². The molecule has 0 aliphatic heterocycles. The van der Waals surface area contributed by atoms with Crippen molar-refractivity contribution in [2.75, 3.05) is 23.7 Å². The minimum Gasteiger partial charge on any atom is -0.376 e. The zero-order valence-corrected chi connectivity index (χ0v) is 19.1. The molecule has 34 heavy (non-hydrogen) atoms. The lowest BCUT2D eigenvalue weighted by atomic mass is 10.1. The highest BCUT2D eigenvalue weighted by atomic mass is 15.0. The first kappa shape index (κ1) is 21.5. The second-order valence-corrected chi connectivity index (χ2v) is 8.44. The Hall–Kier alpha value is -4.36. The van der Waals surface area contributed by atoms with Gasteiger partial charge in [-0.2, -0.15) is 9.13 Å². The Bertz CT molecular complexity index is 1260. The monoisotopic (exact) mass is 444 g/mol. The molecule has 0 unspecified atom stereocenters. The molecule has 1 aromatic carbocycles. The Balaban J connectivity index is 1.17. The van der Waals surface area contributed by atoms with Gasteiger partial charge in [-0.25, -0.2) is 0 Å². The number of hydrogen-bond acceptors (Lipinski definition) is 2. The fourth-order valence-electron chi connectivity index (χ4n) is 3.97. The summed E-state index contributed by atoms with van der Waals surface area (Å²) in [4.78, 5) is 0. The second-order valence-electron chi connectivity index (χ2n) is 8.44. The van der Waals surface area contributed by atoms with Gasteiger partial charge in [-0.05, 0) is 36.4 Å². The molecule has 4 nitrogen and oxygen atoms in total. The molecule has 0 saturated heterocycles. The van der Waals surface area contributed by atoms with Crippen molar-refractivity contribution in [1.29, 1.82) is 0 Å². The van der Waals surface area contributed by atoms with Crippen molar-refractivity contribution in [1.82, 2.24) is 0 Å². The number of pyridine rings is 2. The average molecular weight is 445 g/mol. The number of hydrogen-bond donors (Lipinski definition) is 2. The summed E-state index contributed by atoms with van der Waals surface area (Å²) in [6.45, 7) is 3.24. The van der Waals surface area contributed by atoms with Crippen molar-refractivity contribution >= 4 is 11.4 Å². The molecule has 5 rings (SSSR count). The molecule has 0 atom stereocenters. The molecule has 2 heterocycles. The highest BCUT2D eigenvalue weighted by Gasteiger charge is 2.08. The highest BCUT2D eigenvalue weighted by molar-refractivity contribution is 5.43. The normalized spacial score (nSPS) is 13.3. The molecule has 2 aliphatic rings. The van der Waals surface area contributed by atoms with E-state index in [2.05, 4.69) is 117 Å². The Morgan fingerprint density at radius 2 is 1.09 bits per heavy atom. The zero-order chi connectivity index (χ0) is 23.0. The van der Waals surface area contributed by atoms with E-state index in [1.807, 2.05) is 24.3 Å². The molecular formula is C30H28N4+2. The lowest BCUT2D eigenvalue weighted by molar-refractivity contribution is -0.688. The molecule has 0 saturated carbocycles. The molecule has 2 aliphatic carbocycles. The van der Waals surface area contributed by atoms with Gasteiger partial charge in [0.25, 0.3) is 0 Å². The van der Waals surface area contributed by atoms with Crippen LogP contribution in [-0.4, -0.2) is 13.1 Å². The first-order chi connectivity index (χ1) is 16.8. The maximum atomic E-state index is 3.47. The van der Waals surface area contributed by atoms with Gasteiger partial charge < -0.3 is 10.6 Å². The van der Waals surface area contributed by atoms with E-state index in [9.17, 15) is 0 Å². The first-order valence-electron chi connectivity index (χ1n) is 11.6. The summed E-state index contributed by atoms with van der Waals surface area (Å²) in [6.07, 6.45) is 20.6. The number of benzene rings is 1. The molecule has 166 valence electrons. The van der Waals surface area contributed by atoms with Gasteiger partial charge in [-0.1, -0.05) is 36.4 Å². The van der Waals surface area contributed by atoms with E-state index in [1.165, 1.54) is 22.3 Å². The van der Waals surface area contributed by atoms with Crippen molar-refractivity contribution < 1.29 is 9.13 Å². The predicted molar refractivity (Wildman–Crippen MR) is 136 cm³/mol. The standard InChI is InChI=1S/C30H28N4/c1-2-8-25(7-1)19-31-29-11-5-17-33(23-29)21-27-13-15-28(16-14-27)22-34-18-6-12-30(24-34)32-20-26-9-3-4-10-26/h1-7,9,11-18,23-24,31-32H,19-22H2/q+2. The summed E-state index contributed by atoms with van der Waals surface area (Å²) in [5.74, 6) is 0. The van der Waals surface area contributed by atoms with Gasteiger partial charge in [0.05, 0.1) is 11.4 Å². The maximum Gasteiger partial charge on any atom is 0.192 e. The molecule has 0 spiro atoms. The molecule has 0 radical (unpaired) electrons. The maximum absolute atomic E-state index is 3.47. The summed E-state index contributed by atoms with van der Waals surface area (Å²) >= 11 is 0. The van der Waals surface area contributed by atoms with Crippen LogP contribution >= 0.6 is 0 Å². The molecule has 2 N–H and O–H groups in total. The average Bonchev–Trinajstić information content (AvgIpc) is 3.58. The summed E-state index contributed by atoms with van der Waals surface area (Å²) < 4.78 is 4.42. The highest BCUT2D eigenvalue weighted by Crippen LogP contribution is 2.10. The number of nitrogens with zero attached hydrogens (tertiary/aromatic N) is 2. The molecule has 3 aromatic rings. The third kappa shape index (κ3) is 5.90. The SMILES string of the molecule is C1=CC=CC=1CNc1ccc[n+](Cc2ccc(C[n+]3cccc(NCC4=C=CC=C4)c3)cc2)c1. The van der Waals surface area contributed by atoms with Crippen LogP contribution in [0.25, 0.3) is 0 Å². The van der Waals surface area contributed by atoms with Crippen molar-refractivity contribution in [2.45, 2.75) is 13.1 Å². The lowest BCUT2D eigenvalue weighted by Crippen LogP contribution is -2.34. The van der Waals surface area contributed by atoms with Crippen molar-refractivity contribution in [3.63, 3.8) is 0 Å². The molecule has 0 amide bonds. The second kappa shape index (κ2) is 10.5. The summed E-state index contributed by atoms with van der Waals surface area (Å²) in [6, 6.07) is 17.2. The van der Waals surface area contributed by atoms with Crippen LogP contribution in [0.5, 0.6) is 0 Å². The van der Waals surface area contributed by atoms with Gasteiger partial charge in [0.2, 0.25) is 0 Å². The van der Waals surface area contributed by atoms with Gasteiger partial charge in [-0.15, -0.1) is 11.5 Å². The lowest BCUT2D eigenvalue weighted by Gasteiger charge is -2.06. The van der Waals surface area contributed by atoms with Crippen molar-refractivity contribution in [3.8, 4) is 0 Å². The van der Waals surface area contributed by atoms with Crippen LogP contribution in [0.2, 0.25) is 0 Å².